The van der Waals surface area contributed by atoms with E-state index in [9.17, 15) is 12.8 Å². The number of benzene rings is 1. The van der Waals surface area contributed by atoms with E-state index < -0.39 is 9.84 Å². The Balaban J connectivity index is 1.53. The summed E-state index contributed by atoms with van der Waals surface area (Å²) in [6.07, 6.45) is 6.69. The summed E-state index contributed by atoms with van der Waals surface area (Å²) in [4.78, 5) is 13.1. The summed E-state index contributed by atoms with van der Waals surface area (Å²) in [7, 11) is -1.17. The molecule has 0 amide bonds. The van der Waals surface area contributed by atoms with Crippen LogP contribution in [0.4, 0.5) is 4.39 Å². The van der Waals surface area contributed by atoms with Gasteiger partial charge in [-0.25, -0.2) is 27.8 Å². The molecule has 0 spiro atoms. The maximum absolute atomic E-state index is 13.6. The molecule has 1 aliphatic rings. The summed E-state index contributed by atoms with van der Waals surface area (Å²) in [5.41, 5.74) is 2.90. The number of rotatable bonds is 4. The molecule has 0 radical (unpaired) electrons. The largest absolute Gasteiger partial charge is 0.434 e. The average molecular weight is 464 g/mol. The third-order valence-corrected chi connectivity index (χ3v) is 7.53. The zero-order valence-electron chi connectivity index (χ0n) is 17.4. The number of furan rings is 1. The van der Waals surface area contributed by atoms with Gasteiger partial charge >= 0.3 is 0 Å². The molecular formula is C22H17FN6O3S. The SMILES string of the molecule is Cn1ccnc1-c1cc2c(-c3cn(C4CS(=O)(=O)C4)nc3-c3ccc(F)cc3)ncnc2o1. The predicted molar refractivity (Wildman–Crippen MR) is 118 cm³/mol. The number of halogens is 1. The summed E-state index contributed by atoms with van der Waals surface area (Å²) in [5.74, 6) is 0.896. The maximum Gasteiger partial charge on any atom is 0.230 e. The molecule has 0 saturated carbocycles. The highest BCUT2D eigenvalue weighted by Crippen LogP contribution is 2.38. The molecule has 9 nitrogen and oxygen atoms in total. The van der Waals surface area contributed by atoms with Crippen LogP contribution in [0, 0.1) is 5.82 Å². The lowest BCUT2D eigenvalue weighted by Gasteiger charge is -2.25. The van der Waals surface area contributed by atoms with Crippen LogP contribution in [0.15, 0.2) is 59.7 Å². The zero-order chi connectivity index (χ0) is 22.7. The Morgan fingerprint density at radius 1 is 1.09 bits per heavy atom. The van der Waals surface area contributed by atoms with Gasteiger partial charge in [0.25, 0.3) is 0 Å². The van der Waals surface area contributed by atoms with Crippen molar-refractivity contribution in [3.8, 4) is 34.1 Å². The molecule has 0 aliphatic carbocycles. The fraction of sp³-hybridized carbons (Fsp3) is 0.182. The molecule has 33 heavy (non-hydrogen) atoms. The first-order chi connectivity index (χ1) is 15.9. The summed E-state index contributed by atoms with van der Waals surface area (Å²) < 4.78 is 46.5. The van der Waals surface area contributed by atoms with Crippen molar-refractivity contribution < 1.29 is 17.2 Å². The van der Waals surface area contributed by atoms with Gasteiger partial charge in [-0.05, 0) is 30.3 Å². The van der Waals surface area contributed by atoms with E-state index in [2.05, 4.69) is 20.1 Å². The fourth-order valence-corrected chi connectivity index (χ4v) is 5.43. The monoisotopic (exact) mass is 464 g/mol. The quantitative estimate of drug-likeness (QED) is 0.402. The van der Waals surface area contributed by atoms with Gasteiger partial charge in [0.15, 0.2) is 21.4 Å². The number of nitrogens with zero attached hydrogens (tertiary/aromatic N) is 6. The zero-order valence-corrected chi connectivity index (χ0v) is 18.2. The lowest BCUT2D eigenvalue weighted by molar-refractivity contribution is 0.474. The van der Waals surface area contributed by atoms with Crippen molar-refractivity contribution in [2.75, 3.05) is 11.5 Å². The average Bonchev–Trinajstić information content (AvgIpc) is 3.49. The number of aryl methyl sites for hydroxylation is 1. The molecule has 4 aromatic heterocycles. The second-order valence-corrected chi connectivity index (χ2v) is 10.2. The third-order valence-electron chi connectivity index (χ3n) is 5.74. The number of sulfone groups is 1. The van der Waals surface area contributed by atoms with Gasteiger partial charge in [-0.3, -0.25) is 4.68 Å². The number of hydrogen-bond donors (Lipinski definition) is 0. The Morgan fingerprint density at radius 3 is 2.58 bits per heavy atom. The Bertz CT molecular complexity index is 1610. The van der Waals surface area contributed by atoms with Gasteiger partial charge < -0.3 is 8.98 Å². The second kappa shape index (κ2) is 7.07. The number of hydrogen-bond acceptors (Lipinski definition) is 7. The molecule has 1 fully saturated rings. The van der Waals surface area contributed by atoms with Gasteiger partial charge in [-0.15, -0.1) is 0 Å². The molecule has 1 aromatic carbocycles. The fourth-order valence-electron chi connectivity index (χ4n) is 4.05. The van der Waals surface area contributed by atoms with E-state index in [-0.39, 0.29) is 23.4 Å². The standard InChI is InChI=1S/C22H17FN6O3S/c1-28-7-6-24-21(28)18-8-16-20(25-12-26-22(16)32-18)17-9-29(15-10-33(30,31)11-15)27-19(17)13-2-4-14(23)5-3-13/h2-9,12,15H,10-11H2,1H3. The van der Waals surface area contributed by atoms with E-state index in [0.29, 0.717) is 45.2 Å². The minimum Gasteiger partial charge on any atom is -0.434 e. The van der Waals surface area contributed by atoms with Gasteiger partial charge in [-0.2, -0.15) is 5.10 Å². The molecule has 0 bridgehead atoms. The van der Waals surface area contributed by atoms with Crippen LogP contribution in [0.25, 0.3) is 45.2 Å². The molecule has 11 heteroatoms. The molecule has 0 atom stereocenters. The molecule has 0 N–H and O–H groups in total. The first-order valence-electron chi connectivity index (χ1n) is 10.2. The van der Waals surface area contributed by atoms with Crippen molar-refractivity contribution in [3.05, 3.63) is 61.1 Å². The van der Waals surface area contributed by atoms with Crippen molar-refractivity contribution >= 4 is 20.9 Å². The van der Waals surface area contributed by atoms with Crippen molar-refractivity contribution in [1.29, 1.82) is 0 Å². The van der Waals surface area contributed by atoms with E-state index >= 15 is 0 Å². The number of aromatic nitrogens is 6. The summed E-state index contributed by atoms with van der Waals surface area (Å²) in [6.45, 7) is 0. The van der Waals surface area contributed by atoms with Gasteiger partial charge in [0.1, 0.15) is 17.8 Å². The minimum atomic E-state index is -3.04. The number of fused-ring (bicyclic) bond motifs is 1. The molecule has 5 aromatic rings. The Labute approximate surface area is 187 Å². The van der Waals surface area contributed by atoms with Crippen LogP contribution in [0.1, 0.15) is 6.04 Å². The van der Waals surface area contributed by atoms with Crippen LogP contribution in [-0.2, 0) is 16.9 Å². The van der Waals surface area contributed by atoms with E-state index in [1.54, 1.807) is 29.2 Å². The molecule has 1 saturated heterocycles. The second-order valence-electron chi connectivity index (χ2n) is 8.02. The Hall–Kier alpha value is -3.86. The molecule has 1 aliphatic heterocycles. The lowest BCUT2D eigenvalue weighted by atomic mass is 10.0. The summed E-state index contributed by atoms with van der Waals surface area (Å²) in [5, 5.41) is 5.34. The highest BCUT2D eigenvalue weighted by molar-refractivity contribution is 7.92. The normalized spacial score (nSPS) is 15.7. The molecule has 0 unspecified atom stereocenters. The van der Waals surface area contributed by atoms with Gasteiger partial charge in [0.05, 0.1) is 28.6 Å². The maximum atomic E-state index is 13.6. The van der Waals surface area contributed by atoms with Crippen LogP contribution < -0.4 is 0 Å². The van der Waals surface area contributed by atoms with Crippen molar-refractivity contribution in [3.63, 3.8) is 0 Å². The van der Waals surface area contributed by atoms with E-state index in [0.717, 1.165) is 0 Å². The highest BCUT2D eigenvalue weighted by Gasteiger charge is 2.36. The molecular weight excluding hydrogens is 447 g/mol. The van der Waals surface area contributed by atoms with Crippen LogP contribution in [0.2, 0.25) is 0 Å². The Kier molecular flexibility index (Phi) is 4.24. The summed E-state index contributed by atoms with van der Waals surface area (Å²) in [6, 6.07) is 7.56. The van der Waals surface area contributed by atoms with E-state index in [4.69, 9.17) is 4.42 Å². The van der Waals surface area contributed by atoms with Crippen LogP contribution >= 0.6 is 0 Å². The molecule has 6 rings (SSSR count). The smallest absolute Gasteiger partial charge is 0.230 e. The van der Waals surface area contributed by atoms with Crippen LogP contribution in [0.3, 0.4) is 0 Å². The van der Waals surface area contributed by atoms with Gasteiger partial charge in [-0.1, -0.05) is 0 Å². The highest BCUT2D eigenvalue weighted by atomic mass is 32.2. The van der Waals surface area contributed by atoms with Crippen LogP contribution in [-0.4, -0.2) is 49.2 Å². The van der Waals surface area contributed by atoms with E-state index in [1.165, 1.54) is 18.5 Å². The molecule has 166 valence electrons. The van der Waals surface area contributed by atoms with Gasteiger partial charge in [0, 0.05) is 36.8 Å². The Morgan fingerprint density at radius 2 is 1.88 bits per heavy atom. The van der Waals surface area contributed by atoms with Crippen molar-refractivity contribution in [2.45, 2.75) is 6.04 Å². The lowest BCUT2D eigenvalue weighted by Crippen LogP contribution is -2.38. The first kappa shape index (κ1) is 19.8. The van der Waals surface area contributed by atoms with Crippen molar-refractivity contribution in [2.24, 2.45) is 7.05 Å². The van der Waals surface area contributed by atoms with Gasteiger partial charge in [0.2, 0.25) is 5.71 Å². The van der Waals surface area contributed by atoms with Crippen molar-refractivity contribution in [1.82, 2.24) is 29.3 Å². The minimum absolute atomic E-state index is 0.0329. The summed E-state index contributed by atoms with van der Waals surface area (Å²) >= 11 is 0. The molecule has 5 heterocycles. The van der Waals surface area contributed by atoms with E-state index in [1.807, 2.05) is 23.9 Å². The topological polar surface area (TPSA) is 109 Å². The first-order valence-corrected chi connectivity index (χ1v) is 12.0. The predicted octanol–water partition coefficient (Wildman–Crippen LogP) is 3.26. The van der Waals surface area contributed by atoms with Crippen LogP contribution in [0.5, 0.6) is 0 Å². The number of imidazole rings is 1. The third kappa shape index (κ3) is 3.32.